The van der Waals surface area contributed by atoms with Gasteiger partial charge in [-0.25, -0.2) is 4.98 Å². The first-order chi connectivity index (χ1) is 6.18. The Bertz CT molecular complexity index is 465. The summed E-state index contributed by atoms with van der Waals surface area (Å²) in [5.74, 6) is 0.496. The van der Waals surface area contributed by atoms with Crippen LogP contribution in [-0.4, -0.2) is 4.98 Å². The molecule has 0 fully saturated rings. The number of benzene rings is 1. The van der Waals surface area contributed by atoms with Crippen LogP contribution < -0.4 is 5.73 Å². The van der Waals surface area contributed by atoms with E-state index in [0.717, 1.165) is 15.4 Å². The third-order valence-corrected chi connectivity index (χ3v) is 3.12. The molecular weight excluding hydrogens is 251 g/mol. The summed E-state index contributed by atoms with van der Waals surface area (Å²) in [5, 5.41) is 1.66. The predicted octanol–water partition coefficient (Wildman–Crippen LogP) is 3.23. The van der Waals surface area contributed by atoms with Gasteiger partial charge in [-0.15, -0.1) is 0 Å². The maximum Gasteiger partial charge on any atom is 0.124 e. The largest absolute Gasteiger partial charge is 0.384 e. The zero-order valence-corrected chi connectivity index (χ0v) is 8.93. The number of rotatable bonds is 0. The van der Waals surface area contributed by atoms with Crippen molar-refractivity contribution in [2.45, 2.75) is 0 Å². The van der Waals surface area contributed by atoms with Crippen molar-refractivity contribution in [3.63, 3.8) is 0 Å². The zero-order valence-electron chi connectivity index (χ0n) is 6.59. The summed E-state index contributed by atoms with van der Waals surface area (Å²) in [4.78, 5) is 4.18. The van der Waals surface area contributed by atoms with Crippen molar-refractivity contribution < 1.29 is 0 Å². The Hall–Kier alpha value is -0.800. The second kappa shape index (κ2) is 3.16. The molecule has 1 heterocycles. The van der Waals surface area contributed by atoms with E-state index in [-0.39, 0.29) is 0 Å². The monoisotopic (exact) mass is 256 g/mol. The Kier molecular flexibility index (Phi) is 2.14. The molecule has 2 nitrogen and oxygen atoms in total. The van der Waals surface area contributed by atoms with Crippen LogP contribution in [0.2, 0.25) is 5.02 Å². The lowest BCUT2D eigenvalue weighted by atomic mass is 10.2. The van der Waals surface area contributed by atoms with Gasteiger partial charge in [0, 0.05) is 5.39 Å². The number of hydrogen-bond donors (Lipinski definition) is 1. The van der Waals surface area contributed by atoms with Gasteiger partial charge in [0.25, 0.3) is 0 Å². The molecule has 0 aliphatic carbocycles. The van der Waals surface area contributed by atoms with Crippen molar-refractivity contribution in [3.8, 4) is 0 Å². The van der Waals surface area contributed by atoms with Crippen LogP contribution in [0.25, 0.3) is 10.9 Å². The van der Waals surface area contributed by atoms with Crippen LogP contribution in [0.4, 0.5) is 5.82 Å². The second-order valence-electron chi connectivity index (χ2n) is 2.67. The Morgan fingerprint density at radius 2 is 1.92 bits per heavy atom. The summed E-state index contributed by atoms with van der Waals surface area (Å²) in [6.45, 7) is 0. The van der Waals surface area contributed by atoms with Crippen molar-refractivity contribution in [2.24, 2.45) is 0 Å². The molecule has 0 spiro atoms. The molecule has 13 heavy (non-hydrogen) atoms. The van der Waals surface area contributed by atoms with E-state index in [1.807, 2.05) is 18.2 Å². The first-order valence-corrected chi connectivity index (χ1v) is 4.86. The van der Waals surface area contributed by atoms with Crippen LogP contribution in [0.3, 0.4) is 0 Å². The predicted molar refractivity (Wildman–Crippen MR) is 58.9 cm³/mol. The van der Waals surface area contributed by atoms with Crippen molar-refractivity contribution in [1.82, 2.24) is 4.98 Å². The van der Waals surface area contributed by atoms with Crippen molar-refractivity contribution in [2.75, 3.05) is 5.73 Å². The van der Waals surface area contributed by atoms with E-state index in [2.05, 4.69) is 20.9 Å². The Balaban J connectivity index is 2.89. The highest BCUT2D eigenvalue weighted by Gasteiger charge is 2.04. The Morgan fingerprint density at radius 1 is 1.23 bits per heavy atom. The minimum absolute atomic E-state index is 0.496. The Labute approximate surface area is 88.8 Å². The molecule has 0 aliphatic rings. The molecule has 0 aliphatic heterocycles. The number of aromatic nitrogens is 1. The molecule has 1 aromatic carbocycles. The molecule has 0 saturated heterocycles. The van der Waals surface area contributed by atoms with Gasteiger partial charge >= 0.3 is 0 Å². The number of pyridine rings is 1. The number of hydrogen-bond acceptors (Lipinski definition) is 2. The van der Waals surface area contributed by atoms with Gasteiger partial charge in [-0.3, -0.25) is 0 Å². The minimum Gasteiger partial charge on any atom is -0.384 e. The smallest absolute Gasteiger partial charge is 0.124 e. The van der Waals surface area contributed by atoms with E-state index in [1.54, 1.807) is 6.07 Å². The summed E-state index contributed by atoms with van der Waals surface area (Å²) in [5.41, 5.74) is 6.37. The van der Waals surface area contributed by atoms with E-state index in [0.29, 0.717) is 10.8 Å². The number of nitrogen functional groups attached to an aromatic ring is 1. The molecule has 66 valence electrons. The highest BCUT2D eigenvalue weighted by atomic mass is 79.9. The van der Waals surface area contributed by atoms with Gasteiger partial charge in [-0.1, -0.05) is 17.7 Å². The quantitative estimate of drug-likeness (QED) is 0.787. The van der Waals surface area contributed by atoms with Crippen LogP contribution in [0, 0.1) is 0 Å². The normalized spacial score (nSPS) is 10.6. The molecule has 0 radical (unpaired) electrons. The fourth-order valence-electron chi connectivity index (χ4n) is 1.14. The topological polar surface area (TPSA) is 38.9 Å². The van der Waals surface area contributed by atoms with Gasteiger partial charge in [0.2, 0.25) is 0 Å². The lowest BCUT2D eigenvalue weighted by Crippen LogP contribution is -1.90. The number of halogens is 2. The Morgan fingerprint density at radius 3 is 2.69 bits per heavy atom. The van der Waals surface area contributed by atoms with Crippen LogP contribution >= 0.6 is 27.5 Å². The number of fused-ring (bicyclic) bond motifs is 1. The molecule has 0 saturated carbocycles. The minimum atomic E-state index is 0.496. The summed E-state index contributed by atoms with van der Waals surface area (Å²) >= 11 is 9.28. The summed E-state index contributed by atoms with van der Waals surface area (Å²) in [6.07, 6.45) is 0. The average molecular weight is 258 g/mol. The highest BCUT2D eigenvalue weighted by molar-refractivity contribution is 9.10. The summed E-state index contributed by atoms with van der Waals surface area (Å²) < 4.78 is 0.791. The van der Waals surface area contributed by atoms with Crippen molar-refractivity contribution in [1.29, 1.82) is 0 Å². The van der Waals surface area contributed by atoms with Gasteiger partial charge < -0.3 is 5.73 Å². The molecule has 0 amide bonds. The first-order valence-electron chi connectivity index (χ1n) is 3.69. The fourth-order valence-corrected chi connectivity index (χ4v) is 1.75. The molecular formula is C9H6BrClN2. The molecule has 0 unspecified atom stereocenters. The van der Waals surface area contributed by atoms with Crippen LogP contribution in [0.15, 0.2) is 28.7 Å². The van der Waals surface area contributed by atoms with E-state index in [9.17, 15) is 0 Å². The molecule has 2 rings (SSSR count). The molecule has 0 atom stereocenters. The molecule has 2 aromatic rings. The second-order valence-corrected chi connectivity index (χ2v) is 3.87. The third kappa shape index (κ3) is 1.49. The number of nitrogens with zero attached hydrogens (tertiary/aromatic N) is 1. The van der Waals surface area contributed by atoms with E-state index in [4.69, 9.17) is 17.3 Å². The number of anilines is 1. The molecule has 0 bridgehead atoms. The van der Waals surface area contributed by atoms with Gasteiger partial charge in [0.1, 0.15) is 5.82 Å². The fraction of sp³-hybridized carbons (Fsp3) is 0. The number of nitrogens with two attached hydrogens (primary N) is 1. The zero-order chi connectivity index (χ0) is 9.42. The highest BCUT2D eigenvalue weighted by Crippen LogP contribution is 2.30. The van der Waals surface area contributed by atoms with Crippen LogP contribution in [0.1, 0.15) is 0 Å². The van der Waals surface area contributed by atoms with E-state index < -0.39 is 0 Å². The SMILES string of the molecule is Nc1ccc2ccc(Cl)c(Br)c2n1. The standard InChI is InChI=1S/C9H6BrClN2/c10-8-6(11)3-1-5-2-4-7(12)13-9(5)8/h1-4H,(H2,12,13). The average Bonchev–Trinajstić information content (AvgIpc) is 2.12. The van der Waals surface area contributed by atoms with Crippen LogP contribution in [0.5, 0.6) is 0 Å². The van der Waals surface area contributed by atoms with Crippen molar-refractivity contribution >= 4 is 44.3 Å². The van der Waals surface area contributed by atoms with Gasteiger partial charge in [-0.05, 0) is 34.1 Å². The van der Waals surface area contributed by atoms with E-state index >= 15 is 0 Å². The lowest BCUT2D eigenvalue weighted by Gasteiger charge is -2.02. The maximum absolute atomic E-state index is 5.91. The van der Waals surface area contributed by atoms with Gasteiger partial charge in [-0.2, -0.15) is 0 Å². The van der Waals surface area contributed by atoms with E-state index in [1.165, 1.54) is 0 Å². The lowest BCUT2D eigenvalue weighted by molar-refractivity contribution is 1.40. The molecule has 2 N–H and O–H groups in total. The molecule has 4 heteroatoms. The van der Waals surface area contributed by atoms with Gasteiger partial charge in [0.05, 0.1) is 15.0 Å². The summed E-state index contributed by atoms with van der Waals surface area (Å²) in [7, 11) is 0. The first kappa shape index (κ1) is 8.78. The van der Waals surface area contributed by atoms with Crippen molar-refractivity contribution in [3.05, 3.63) is 33.8 Å². The third-order valence-electron chi connectivity index (χ3n) is 1.77. The maximum atomic E-state index is 5.91. The summed E-state index contributed by atoms with van der Waals surface area (Å²) in [6, 6.07) is 7.42. The van der Waals surface area contributed by atoms with Crippen LogP contribution in [-0.2, 0) is 0 Å². The van der Waals surface area contributed by atoms with Gasteiger partial charge in [0.15, 0.2) is 0 Å². The molecule has 1 aromatic heterocycles.